The van der Waals surface area contributed by atoms with Crippen molar-refractivity contribution in [2.24, 2.45) is 0 Å². The number of piperidine rings is 1. The highest BCUT2D eigenvalue weighted by atomic mass is 19.4. The van der Waals surface area contributed by atoms with Gasteiger partial charge in [0, 0.05) is 25.2 Å². The van der Waals surface area contributed by atoms with Gasteiger partial charge in [0.1, 0.15) is 25.1 Å². The fourth-order valence-corrected chi connectivity index (χ4v) is 3.55. The van der Waals surface area contributed by atoms with Crippen molar-refractivity contribution in [1.82, 2.24) is 14.9 Å². The van der Waals surface area contributed by atoms with Gasteiger partial charge in [-0.2, -0.15) is 0 Å². The van der Waals surface area contributed by atoms with Gasteiger partial charge in [-0.25, -0.2) is 9.97 Å². The zero-order chi connectivity index (χ0) is 21.1. The molecule has 4 rings (SSSR count). The Labute approximate surface area is 171 Å². The summed E-state index contributed by atoms with van der Waals surface area (Å²) in [5.41, 5.74) is 0.917. The zero-order valence-electron chi connectivity index (χ0n) is 16.4. The van der Waals surface area contributed by atoms with E-state index in [4.69, 9.17) is 14.2 Å². The zero-order valence-corrected chi connectivity index (χ0v) is 16.4. The van der Waals surface area contributed by atoms with E-state index >= 15 is 0 Å². The Hall–Kier alpha value is -2.75. The summed E-state index contributed by atoms with van der Waals surface area (Å²) in [5.74, 6) is 1.12. The van der Waals surface area contributed by atoms with Crippen LogP contribution in [0.1, 0.15) is 31.5 Å². The molecular formula is C20H22F3N3O4. The Morgan fingerprint density at radius 2 is 1.87 bits per heavy atom. The van der Waals surface area contributed by atoms with E-state index in [0.717, 1.165) is 37.8 Å². The van der Waals surface area contributed by atoms with Crippen LogP contribution in [0.4, 0.5) is 13.2 Å². The van der Waals surface area contributed by atoms with E-state index in [-0.39, 0.29) is 23.8 Å². The average molecular weight is 425 g/mol. The Morgan fingerprint density at radius 3 is 2.57 bits per heavy atom. The van der Waals surface area contributed by atoms with Gasteiger partial charge in [0.05, 0.1) is 11.9 Å². The third-order valence-electron chi connectivity index (χ3n) is 5.11. The minimum absolute atomic E-state index is 0.0523. The van der Waals surface area contributed by atoms with Gasteiger partial charge >= 0.3 is 6.36 Å². The predicted molar refractivity (Wildman–Crippen MR) is 99.8 cm³/mol. The van der Waals surface area contributed by atoms with Crippen molar-refractivity contribution < 1.29 is 32.1 Å². The number of likely N-dealkylation sites (tertiary alicyclic amines) is 1. The molecule has 1 unspecified atom stereocenters. The number of aromatic nitrogens is 2. The minimum atomic E-state index is -4.74. The molecule has 0 saturated carbocycles. The van der Waals surface area contributed by atoms with Crippen LogP contribution in [0.25, 0.3) is 0 Å². The van der Waals surface area contributed by atoms with Crippen molar-refractivity contribution in [1.29, 1.82) is 0 Å². The molecule has 0 amide bonds. The molecule has 0 aliphatic carbocycles. The summed E-state index contributed by atoms with van der Waals surface area (Å²) in [6, 6.07) is 6.53. The predicted octanol–water partition coefficient (Wildman–Crippen LogP) is 3.75. The Bertz CT molecular complexity index is 855. The Morgan fingerprint density at radius 1 is 1.10 bits per heavy atom. The van der Waals surface area contributed by atoms with Crippen LogP contribution in [0, 0.1) is 0 Å². The molecule has 1 fully saturated rings. The number of nitrogens with zero attached hydrogens (tertiary/aromatic N) is 3. The van der Waals surface area contributed by atoms with E-state index in [1.807, 2.05) is 12.1 Å². The number of pyridine rings is 2. The number of hydrogen-bond donors (Lipinski definition) is 0. The van der Waals surface area contributed by atoms with Crippen molar-refractivity contribution in [3.05, 3.63) is 36.2 Å². The maximum Gasteiger partial charge on any atom is 0.573 e. The van der Waals surface area contributed by atoms with Crippen LogP contribution in [0.5, 0.6) is 23.3 Å². The van der Waals surface area contributed by atoms with Crippen LogP contribution in [0.2, 0.25) is 0 Å². The Balaban J connectivity index is 1.29. The second kappa shape index (κ2) is 8.55. The topological polar surface area (TPSA) is 65.9 Å². The number of halogens is 3. The third-order valence-corrected chi connectivity index (χ3v) is 5.11. The maximum atomic E-state index is 12.2. The molecule has 0 spiro atoms. The number of alkyl halides is 3. The first-order chi connectivity index (χ1) is 14.4. The highest BCUT2D eigenvalue weighted by Gasteiger charge is 2.31. The van der Waals surface area contributed by atoms with E-state index in [9.17, 15) is 13.2 Å². The molecule has 0 radical (unpaired) electrons. The normalized spacial score (nSPS) is 18.7. The molecule has 2 aromatic rings. The van der Waals surface area contributed by atoms with E-state index in [1.54, 1.807) is 0 Å². The van der Waals surface area contributed by atoms with E-state index in [0.29, 0.717) is 24.8 Å². The van der Waals surface area contributed by atoms with Crippen molar-refractivity contribution in [3.63, 3.8) is 0 Å². The highest BCUT2D eigenvalue weighted by molar-refractivity contribution is 5.36. The molecule has 0 bridgehead atoms. The fourth-order valence-electron chi connectivity index (χ4n) is 3.55. The first-order valence-corrected chi connectivity index (χ1v) is 9.76. The van der Waals surface area contributed by atoms with Gasteiger partial charge < -0.3 is 18.9 Å². The van der Waals surface area contributed by atoms with E-state index in [1.165, 1.54) is 12.1 Å². The molecule has 4 heterocycles. The first-order valence-electron chi connectivity index (χ1n) is 9.76. The number of hydrogen-bond acceptors (Lipinski definition) is 7. The number of fused-ring (bicyclic) bond motifs is 1. The largest absolute Gasteiger partial charge is 0.573 e. The summed E-state index contributed by atoms with van der Waals surface area (Å²) >= 11 is 0. The van der Waals surface area contributed by atoms with Gasteiger partial charge in [-0.05, 0) is 38.0 Å². The molecule has 1 saturated heterocycles. The van der Waals surface area contributed by atoms with Gasteiger partial charge in [0.2, 0.25) is 5.88 Å². The van der Waals surface area contributed by atoms with Crippen molar-refractivity contribution in [2.75, 3.05) is 26.3 Å². The molecule has 7 nitrogen and oxygen atoms in total. The molecule has 30 heavy (non-hydrogen) atoms. The summed E-state index contributed by atoms with van der Waals surface area (Å²) in [6.07, 6.45) is -2.23. The molecule has 0 aromatic carbocycles. The van der Waals surface area contributed by atoms with Crippen LogP contribution >= 0.6 is 0 Å². The summed E-state index contributed by atoms with van der Waals surface area (Å²) in [5, 5.41) is 0. The van der Waals surface area contributed by atoms with Gasteiger partial charge in [0.25, 0.3) is 5.88 Å². The minimum Gasteiger partial charge on any atom is -0.484 e. The lowest BCUT2D eigenvalue weighted by Crippen LogP contribution is -2.40. The summed E-state index contributed by atoms with van der Waals surface area (Å²) in [4.78, 5) is 10.8. The lowest BCUT2D eigenvalue weighted by molar-refractivity contribution is -0.274. The lowest BCUT2D eigenvalue weighted by atomic mass is 10.0. The number of rotatable bonds is 5. The summed E-state index contributed by atoms with van der Waals surface area (Å²) in [7, 11) is 0. The molecule has 162 valence electrons. The molecule has 0 N–H and O–H groups in total. The lowest BCUT2D eigenvalue weighted by Gasteiger charge is -2.35. The van der Waals surface area contributed by atoms with E-state index in [2.05, 4.69) is 26.5 Å². The van der Waals surface area contributed by atoms with Crippen LogP contribution in [0.15, 0.2) is 30.5 Å². The standard InChI is InChI=1S/C20H22F3N3O4/c1-13(16-3-4-17-19(25-16)28-11-10-27-17)26-8-6-14(7-9-26)29-18-5-2-15(12-24-18)30-20(21,22)23/h2-5,12-14H,6-11H2,1H3. The van der Waals surface area contributed by atoms with Crippen molar-refractivity contribution in [2.45, 2.75) is 38.3 Å². The summed E-state index contributed by atoms with van der Waals surface area (Å²) in [6.45, 7) is 4.73. The van der Waals surface area contributed by atoms with Crippen molar-refractivity contribution >= 4 is 0 Å². The molecule has 1 atom stereocenters. The van der Waals surface area contributed by atoms with Crippen LogP contribution in [-0.2, 0) is 0 Å². The quantitative estimate of drug-likeness (QED) is 0.723. The number of ether oxygens (including phenoxy) is 4. The first kappa shape index (κ1) is 20.5. The smallest absolute Gasteiger partial charge is 0.484 e. The van der Waals surface area contributed by atoms with Crippen LogP contribution in [-0.4, -0.2) is 53.6 Å². The Kier molecular flexibility index (Phi) is 5.85. The molecular weight excluding hydrogens is 403 g/mol. The van der Waals surface area contributed by atoms with Crippen molar-refractivity contribution in [3.8, 4) is 23.3 Å². The third kappa shape index (κ3) is 5.05. The van der Waals surface area contributed by atoms with Crippen LogP contribution < -0.4 is 18.9 Å². The monoisotopic (exact) mass is 425 g/mol. The molecule has 2 aromatic heterocycles. The maximum absolute atomic E-state index is 12.2. The molecule has 2 aliphatic heterocycles. The van der Waals surface area contributed by atoms with Gasteiger partial charge in [-0.15, -0.1) is 13.2 Å². The van der Waals surface area contributed by atoms with Gasteiger partial charge in [-0.3, -0.25) is 4.90 Å². The second-order valence-electron chi connectivity index (χ2n) is 7.15. The molecule has 10 heteroatoms. The highest BCUT2D eigenvalue weighted by Crippen LogP contribution is 2.32. The van der Waals surface area contributed by atoms with Gasteiger partial charge in [-0.1, -0.05) is 0 Å². The van der Waals surface area contributed by atoms with Crippen LogP contribution in [0.3, 0.4) is 0 Å². The fraction of sp³-hybridized carbons (Fsp3) is 0.500. The van der Waals surface area contributed by atoms with Gasteiger partial charge in [0.15, 0.2) is 5.75 Å². The SMILES string of the molecule is CC(c1ccc2c(n1)OCCO2)N1CCC(Oc2ccc(OC(F)(F)F)cn2)CC1. The van der Waals surface area contributed by atoms with E-state index < -0.39 is 6.36 Å². The molecule has 2 aliphatic rings. The summed E-state index contributed by atoms with van der Waals surface area (Å²) < 4.78 is 57.4. The average Bonchev–Trinajstić information content (AvgIpc) is 2.74. The second-order valence-corrected chi connectivity index (χ2v) is 7.15.